The summed E-state index contributed by atoms with van der Waals surface area (Å²) >= 11 is 3.43. The molecule has 0 saturated carbocycles. The Morgan fingerprint density at radius 2 is 1.73 bits per heavy atom. The van der Waals surface area contributed by atoms with Gasteiger partial charge in [-0.15, -0.1) is 0 Å². The Balaban J connectivity index is 1.48. The van der Waals surface area contributed by atoms with Gasteiger partial charge in [0.2, 0.25) is 5.91 Å². The van der Waals surface area contributed by atoms with Crippen LogP contribution in [0.5, 0.6) is 11.5 Å². The Bertz CT molecular complexity index is 1100. The highest BCUT2D eigenvalue weighted by Crippen LogP contribution is 2.22. The van der Waals surface area contributed by atoms with Crippen molar-refractivity contribution in [3.05, 3.63) is 94.0 Å². The maximum atomic E-state index is 12.1. The molecule has 3 aromatic rings. The van der Waals surface area contributed by atoms with Crippen LogP contribution in [0.3, 0.4) is 0 Å². The number of carbonyl (C=O) groups excluding carboxylic acids is 2. The predicted octanol–water partition coefficient (Wildman–Crippen LogP) is 3.85. The zero-order chi connectivity index (χ0) is 23.5. The van der Waals surface area contributed by atoms with E-state index in [4.69, 9.17) is 9.47 Å². The molecule has 2 amide bonds. The number of halogens is 1. The molecule has 2 N–H and O–H groups in total. The van der Waals surface area contributed by atoms with Crippen LogP contribution < -0.4 is 20.2 Å². The van der Waals surface area contributed by atoms with Crippen LogP contribution in [0.15, 0.2) is 82.4 Å². The minimum absolute atomic E-state index is 0.167. The molecule has 0 aromatic heterocycles. The minimum atomic E-state index is -0.434. The lowest BCUT2D eigenvalue weighted by Gasteiger charge is -2.10. The first-order chi connectivity index (χ1) is 16.0. The van der Waals surface area contributed by atoms with Crippen molar-refractivity contribution in [3.8, 4) is 11.5 Å². The molecular weight excluding hydrogens is 486 g/mol. The van der Waals surface area contributed by atoms with Crippen molar-refractivity contribution >= 4 is 34.0 Å². The fraction of sp³-hybridized carbons (Fsp3) is 0.160. The molecule has 0 radical (unpaired) electrons. The van der Waals surface area contributed by atoms with Gasteiger partial charge in [-0.2, -0.15) is 5.10 Å². The second kappa shape index (κ2) is 12.4. The van der Waals surface area contributed by atoms with E-state index in [9.17, 15) is 9.59 Å². The fourth-order valence-corrected chi connectivity index (χ4v) is 3.25. The Labute approximate surface area is 200 Å². The summed E-state index contributed by atoms with van der Waals surface area (Å²) in [6, 6.07) is 22.5. The van der Waals surface area contributed by atoms with Gasteiger partial charge in [0.05, 0.1) is 26.3 Å². The van der Waals surface area contributed by atoms with Gasteiger partial charge in [0.25, 0.3) is 5.91 Å². The van der Waals surface area contributed by atoms with Gasteiger partial charge in [-0.1, -0.05) is 58.4 Å². The van der Waals surface area contributed by atoms with Crippen molar-refractivity contribution in [1.29, 1.82) is 0 Å². The van der Waals surface area contributed by atoms with Crippen molar-refractivity contribution in [2.45, 2.75) is 13.0 Å². The van der Waals surface area contributed by atoms with Gasteiger partial charge >= 0.3 is 0 Å². The van der Waals surface area contributed by atoms with Gasteiger partial charge in [0.15, 0.2) is 0 Å². The molecule has 0 spiro atoms. The third kappa shape index (κ3) is 8.08. The first kappa shape index (κ1) is 24.0. The summed E-state index contributed by atoms with van der Waals surface area (Å²) < 4.78 is 11.8. The highest BCUT2D eigenvalue weighted by atomic mass is 79.9. The molecule has 3 rings (SSSR count). The van der Waals surface area contributed by atoms with E-state index in [0.717, 1.165) is 21.3 Å². The Kier molecular flexibility index (Phi) is 9.02. The molecule has 0 heterocycles. The van der Waals surface area contributed by atoms with Crippen LogP contribution in [-0.2, 0) is 22.6 Å². The number of ether oxygens (including phenoxy) is 2. The van der Waals surface area contributed by atoms with Crippen LogP contribution in [-0.4, -0.2) is 31.7 Å². The summed E-state index contributed by atoms with van der Waals surface area (Å²) in [5, 5.41) is 6.57. The molecular formula is C25H24BrN3O4. The molecule has 3 aromatic carbocycles. The summed E-state index contributed by atoms with van der Waals surface area (Å²) in [7, 11) is 1.58. The maximum absolute atomic E-state index is 12.1. The molecule has 0 atom stereocenters. The van der Waals surface area contributed by atoms with Crippen LogP contribution in [0.25, 0.3) is 0 Å². The number of benzene rings is 3. The third-order valence-electron chi connectivity index (χ3n) is 4.57. The lowest BCUT2D eigenvalue weighted by Crippen LogP contribution is -2.35. The minimum Gasteiger partial charge on any atom is -0.497 e. The number of nitrogens with one attached hydrogen (secondary N) is 2. The van der Waals surface area contributed by atoms with Crippen molar-refractivity contribution in [3.63, 3.8) is 0 Å². The monoisotopic (exact) mass is 509 g/mol. The van der Waals surface area contributed by atoms with Gasteiger partial charge in [-0.05, 0) is 41.5 Å². The average molecular weight is 510 g/mol. The van der Waals surface area contributed by atoms with Crippen LogP contribution in [0.4, 0.5) is 0 Å². The summed E-state index contributed by atoms with van der Waals surface area (Å²) in [6.07, 6.45) is 1.67. The van der Waals surface area contributed by atoms with E-state index < -0.39 is 5.91 Å². The van der Waals surface area contributed by atoms with E-state index in [-0.39, 0.29) is 18.9 Å². The topological polar surface area (TPSA) is 89.0 Å². The van der Waals surface area contributed by atoms with Gasteiger partial charge in [0, 0.05) is 10.0 Å². The normalized spacial score (nSPS) is 10.6. The lowest BCUT2D eigenvalue weighted by molar-refractivity contribution is -0.125. The standard InChI is InChI=1S/C25H24BrN3O4/c1-32-22-10-7-18(8-11-22)13-24(30)27-16-25(31)29-28-15-20-14-21(26)9-12-23(20)33-17-19-5-3-2-4-6-19/h2-12,14-15H,13,16-17H2,1H3,(H,27,30)(H,29,31)/b28-15+. The van der Waals surface area contributed by atoms with Gasteiger partial charge in [-0.3, -0.25) is 9.59 Å². The molecule has 0 fully saturated rings. The molecule has 0 aliphatic rings. The van der Waals surface area contributed by atoms with Crippen LogP contribution in [0.1, 0.15) is 16.7 Å². The zero-order valence-corrected chi connectivity index (χ0v) is 19.7. The van der Waals surface area contributed by atoms with E-state index >= 15 is 0 Å². The van der Waals surface area contributed by atoms with Crippen LogP contribution in [0.2, 0.25) is 0 Å². The average Bonchev–Trinajstić information content (AvgIpc) is 2.83. The van der Waals surface area contributed by atoms with Crippen LogP contribution >= 0.6 is 15.9 Å². The fourth-order valence-electron chi connectivity index (χ4n) is 2.87. The van der Waals surface area contributed by atoms with E-state index in [0.29, 0.717) is 17.9 Å². The third-order valence-corrected chi connectivity index (χ3v) is 5.06. The second-order valence-electron chi connectivity index (χ2n) is 7.05. The number of hydrazone groups is 1. The zero-order valence-electron chi connectivity index (χ0n) is 18.1. The van der Waals surface area contributed by atoms with Crippen molar-refractivity contribution in [1.82, 2.24) is 10.7 Å². The number of hydrogen-bond acceptors (Lipinski definition) is 5. The Morgan fingerprint density at radius 1 is 0.970 bits per heavy atom. The Morgan fingerprint density at radius 3 is 2.45 bits per heavy atom. The summed E-state index contributed by atoms with van der Waals surface area (Å²) in [6.45, 7) is 0.234. The van der Waals surface area contributed by atoms with Gasteiger partial charge < -0.3 is 14.8 Å². The van der Waals surface area contributed by atoms with Gasteiger partial charge in [0.1, 0.15) is 18.1 Å². The Hall–Kier alpha value is -3.65. The number of nitrogens with zero attached hydrogens (tertiary/aromatic N) is 1. The summed E-state index contributed by atoms with van der Waals surface area (Å²) in [5.74, 6) is 0.655. The van der Waals surface area contributed by atoms with E-state index in [2.05, 4.69) is 31.8 Å². The second-order valence-corrected chi connectivity index (χ2v) is 7.97. The van der Waals surface area contributed by atoms with E-state index in [1.165, 1.54) is 6.21 Å². The smallest absolute Gasteiger partial charge is 0.259 e. The predicted molar refractivity (Wildman–Crippen MR) is 130 cm³/mol. The summed E-state index contributed by atoms with van der Waals surface area (Å²) in [4.78, 5) is 24.1. The number of hydrogen-bond donors (Lipinski definition) is 2. The largest absolute Gasteiger partial charge is 0.497 e. The van der Waals surface area contributed by atoms with E-state index in [1.807, 2.05) is 48.5 Å². The molecule has 0 aliphatic carbocycles. The van der Waals surface area contributed by atoms with Crippen molar-refractivity contribution < 1.29 is 19.1 Å². The number of amides is 2. The molecule has 170 valence electrons. The lowest BCUT2D eigenvalue weighted by atomic mass is 10.1. The summed E-state index contributed by atoms with van der Waals surface area (Å²) in [5.41, 5.74) is 4.98. The quantitative estimate of drug-likeness (QED) is 0.321. The van der Waals surface area contributed by atoms with Gasteiger partial charge in [-0.25, -0.2) is 5.43 Å². The number of methoxy groups -OCH3 is 1. The molecule has 0 saturated heterocycles. The van der Waals surface area contributed by atoms with Crippen molar-refractivity contribution in [2.24, 2.45) is 5.10 Å². The highest BCUT2D eigenvalue weighted by Gasteiger charge is 2.07. The molecule has 7 nitrogen and oxygen atoms in total. The highest BCUT2D eigenvalue weighted by molar-refractivity contribution is 9.10. The first-order valence-electron chi connectivity index (χ1n) is 10.2. The molecule has 0 unspecified atom stereocenters. The SMILES string of the molecule is COc1ccc(CC(=O)NCC(=O)N/N=C/c2cc(Br)ccc2OCc2ccccc2)cc1. The molecule has 33 heavy (non-hydrogen) atoms. The number of carbonyl (C=O) groups is 2. The first-order valence-corrected chi connectivity index (χ1v) is 11.0. The van der Waals surface area contributed by atoms with E-state index in [1.54, 1.807) is 31.4 Å². The molecule has 0 bridgehead atoms. The number of rotatable bonds is 10. The molecule has 8 heteroatoms. The maximum Gasteiger partial charge on any atom is 0.259 e. The molecule has 0 aliphatic heterocycles. The van der Waals surface area contributed by atoms with Crippen molar-refractivity contribution in [2.75, 3.05) is 13.7 Å². The van der Waals surface area contributed by atoms with Crippen LogP contribution in [0, 0.1) is 0 Å².